The van der Waals surface area contributed by atoms with Gasteiger partial charge in [-0.25, -0.2) is 0 Å². The number of nitrogens with zero attached hydrogens (tertiary/aromatic N) is 1. The third-order valence-corrected chi connectivity index (χ3v) is 5.07. The average molecular weight is 409 g/mol. The second-order valence-electron chi connectivity index (χ2n) is 7.01. The number of carbonyl (C=O) groups excluding carboxylic acids is 2. The van der Waals surface area contributed by atoms with Crippen molar-refractivity contribution in [2.75, 3.05) is 12.4 Å². The average Bonchev–Trinajstić information content (AvgIpc) is 2.80. The Morgan fingerprint density at radius 2 is 1.65 bits per heavy atom. The molecule has 1 aliphatic heterocycles. The molecule has 4 rings (SSSR count). The van der Waals surface area contributed by atoms with Crippen molar-refractivity contribution in [3.05, 3.63) is 89.6 Å². The third kappa shape index (κ3) is 4.16. The topological polar surface area (TPSA) is 91.2 Å². The van der Waals surface area contributed by atoms with Crippen LogP contribution in [0.2, 0.25) is 0 Å². The Kier molecular flexibility index (Phi) is 5.50. The largest absolute Gasteiger partial charge is 0.497 e. The number of fused-ring (bicyclic) bond motifs is 1. The number of nitrogens with one attached hydrogen (secondary N) is 2. The first-order valence-electron chi connectivity index (χ1n) is 9.66. The van der Waals surface area contributed by atoms with Gasteiger partial charge in [0.1, 0.15) is 5.75 Å². The Morgan fingerprint density at radius 3 is 2.32 bits per heavy atom. The Balaban J connectivity index is 1.68. The molecule has 1 aliphatic rings. The van der Waals surface area contributed by atoms with Crippen molar-refractivity contribution in [2.24, 2.45) is 0 Å². The van der Waals surface area contributed by atoms with Crippen LogP contribution in [0, 0.1) is 11.3 Å². The van der Waals surface area contributed by atoms with Crippen molar-refractivity contribution in [1.82, 2.24) is 5.32 Å². The minimum absolute atomic E-state index is 0.341. The van der Waals surface area contributed by atoms with Crippen molar-refractivity contribution in [2.45, 2.75) is 6.42 Å². The SMILES string of the molecule is COc1ccc(-c2ccc3c(c2)/C(=C/Nc2ccc(CC#N)cc2)C(=O)NC3=O)cc1. The number of methoxy groups -OCH3 is 1. The van der Waals surface area contributed by atoms with Crippen molar-refractivity contribution in [3.8, 4) is 22.9 Å². The molecule has 0 spiro atoms. The predicted octanol–water partition coefficient (Wildman–Crippen LogP) is 4.15. The van der Waals surface area contributed by atoms with Crippen LogP contribution in [0.4, 0.5) is 5.69 Å². The Morgan fingerprint density at radius 1 is 0.935 bits per heavy atom. The van der Waals surface area contributed by atoms with Gasteiger partial charge in [0.25, 0.3) is 11.8 Å². The van der Waals surface area contributed by atoms with E-state index in [-0.39, 0.29) is 0 Å². The number of carbonyl (C=O) groups is 2. The van der Waals surface area contributed by atoms with Gasteiger partial charge < -0.3 is 10.1 Å². The van der Waals surface area contributed by atoms with E-state index in [9.17, 15) is 9.59 Å². The molecule has 6 nitrogen and oxygen atoms in total. The Bertz CT molecular complexity index is 1220. The van der Waals surface area contributed by atoms with E-state index in [4.69, 9.17) is 10.00 Å². The first-order chi connectivity index (χ1) is 15.1. The van der Waals surface area contributed by atoms with Crippen molar-refractivity contribution in [1.29, 1.82) is 5.26 Å². The monoisotopic (exact) mass is 409 g/mol. The maximum absolute atomic E-state index is 12.6. The van der Waals surface area contributed by atoms with Crippen LogP contribution in [0.15, 0.2) is 72.9 Å². The van der Waals surface area contributed by atoms with Crippen molar-refractivity contribution >= 4 is 23.1 Å². The molecule has 0 unspecified atom stereocenters. The fourth-order valence-electron chi connectivity index (χ4n) is 3.40. The summed E-state index contributed by atoms with van der Waals surface area (Å²) in [7, 11) is 1.61. The van der Waals surface area contributed by atoms with Crippen LogP contribution in [-0.4, -0.2) is 18.9 Å². The van der Waals surface area contributed by atoms with Crippen molar-refractivity contribution in [3.63, 3.8) is 0 Å². The van der Waals surface area contributed by atoms with Gasteiger partial charge in [-0.2, -0.15) is 5.26 Å². The van der Waals surface area contributed by atoms with E-state index in [1.165, 1.54) is 0 Å². The Hall–Kier alpha value is -4.37. The number of rotatable bonds is 5. The second-order valence-corrected chi connectivity index (χ2v) is 7.01. The molecule has 0 aliphatic carbocycles. The van der Waals surface area contributed by atoms with E-state index in [1.807, 2.05) is 60.7 Å². The molecule has 0 saturated heterocycles. The Labute approximate surface area is 179 Å². The highest BCUT2D eigenvalue weighted by atomic mass is 16.5. The number of hydrogen-bond acceptors (Lipinski definition) is 5. The summed E-state index contributed by atoms with van der Waals surface area (Å²) in [6.45, 7) is 0. The summed E-state index contributed by atoms with van der Waals surface area (Å²) in [6.07, 6.45) is 1.94. The lowest BCUT2D eigenvalue weighted by molar-refractivity contribution is -0.114. The molecule has 31 heavy (non-hydrogen) atoms. The van der Waals surface area contributed by atoms with Gasteiger partial charge in [0.2, 0.25) is 0 Å². The van der Waals surface area contributed by atoms with Gasteiger partial charge in [0.05, 0.1) is 25.2 Å². The zero-order valence-corrected chi connectivity index (χ0v) is 16.8. The zero-order valence-electron chi connectivity index (χ0n) is 16.8. The number of benzene rings is 3. The van der Waals surface area contributed by atoms with Crippen LogP contribution < -0.4 is 15.4 Å². The summed E-state index contributed by atoms with van der Waals surface area (Å²) in [6, 6.07) is 22.5. The van der Waals surface area contributed by atoms with Gasteiger partial charge in [-0.3, -0.25) is 14.9 Å². The lowest BCUT2D eigenvalue weighted by atomic mass is 9.91. The third-order valence-electron chi connectivity index (χ3n) is 5.07. The molecule has 0 bridgehead atoms. The highest BCUT2D eigenvalue weighted by molar-refractivity contribution is 6.31. The minimum Gasteiger partial charge on any atom is -0.497 e. The van der Waals surface area contributed by atoms with Crippen LogP contribution in [0.5, 0.6) is 5.75 Å². The quantitative estimate of drug-likeness (QED) is 0.488. The zero-order chi connectivity index (χ0) is 21.8. The molecule has 2 N–H and O–H groups in total. The smallest absolute Gasteiger partial charge is 0.260 e. The maximum Gasteiger partial charge on any atom is 0.260 e. The number of anilines is 1. The molecule has 3 aromatic carbocycles. The summed E-state index contributed by atoms with van der Waals surface area (Å²) in [4.78, 5) is 24.9. The molecule has 0 fully saturated rings. The van der Waals surface area contributed by atoms with Gasteiger partial charge in [-0.05, 0) is 53.1 Å². The fraction of sp³-hybridized carbons (Fsp3) is 0.0800. The first kappa shape index (κ1) is 19.9. The molecule has 0 radical (unpaired) electrons. The molecule has 6 heteroatoms. The molecule has 152 valence electrons. The predicted molar refractivity (Wildman–Crippen MR) is 118 cm³/mol. The van der Waals surface area contributed by atoms with Gasteiger partial charge in [0.15, 0.2) is 0 Å². The van der Waals surface area contributed by atoms with Gasteiger partial charge in [-0.15, -0.1) is 0 Å². The van der Waals surface area contributed by atoms with E-state index in [1.54, 1.807) is 19.4 Å². The number of hydrogen-bond donors (Lipinski definition) is 2. The molecule has 2 amide bonds. The number of ether oxygens (including phenoxy) is 1. The summed E-state index contributed by atoms with van der Waals surface area (Å²) in [5.74, 6) is -0.126. The van der Waals surface area contributed by atoms with E-state index in [0.717, 1.165) is 28.1 Å². The van der Waals surface area contributed by atoms with Crippen LogP contribution in [0.3, 0.4) is 0 Å². The minimum atomic E-state index is -0.460. The highest BCUT2D eigenvalue weighted by Gasteiger charge is 2.27. The molecular formula is C25H19N3O3. The summed E-state index contributed by atoms with van der Waals surface area (Å²) in [5.41, 5.74) is 4.89. The number of nitriles is 1. The van der Waals surface area contributed by atoms with Gasteiger partial charge in [-0.1, -0.05) is 30.3 Å². The normalized spacial score (nSPS) is 13.9. The van der Waals surface area contributed by atoms with E-state index in [2.05, 4.69) is 16.7 Å². The van der Waals surface area contributed by atoms with E-state index >= 15 is 0 Å². The van der Waals surface area contributed by atoms with Crippen LogP contribution >= 0.6 is 0 Å². The van der Waals surface area contributed by atoms with E-state index < -0.39 is 11.8 Å². The summed E-state index contributed by atoms with van der Waals surface area (Å²) in [5, 5.41) is 14.3. The summed E-state index contributed by atoms with van der Waals surface area (Å²) >= 11 is 0. The van der Waals surface area contributed by atoms with Crippen LogP contribution in [0.25, 0.3) is 16.7 Å². The molecule has 0 saturated carbocycles. The van der Waals surface area contributed by atoms with Crippen molar-refractivity contribution < 1.29 is 14.3 Å². The highest BCUT2D eigenvalue weighted by Crippen LogP contribution is 2.30. The number of imide groups is 1. The standard InChI is InChI=1S/C25H19N3O3/c1-31-20-9-4-17(5-10-20)18-6-11-21-22(14-18)23(25(30)28-24(21)29)15-27-19-7-2-16(3-8-19)12-13-26/h2-11,14-15,27H,12H2,1H3,(H,28,29,30)/b23-15-. The molecule has 3 aromatic rings. The van der Waals surface area contributed by atoms with Gasteiger partial charge in [0, 0.05) is 23.0 Å². The lowest BCUT2D eigenvalue weighted by Gasteiger charge is -2.19. The molecular weight excluding hydrogens is 390 g/mol. The van der Waals surface area contributed by atoms with E-state index in [0.29, 0.717) is 23.1 Å². The van der Waals surface area contributed by atoms with Crippen LogP contribution in [0.1, 0.15) is 21.5 Å². The van der Waals surface area contributed by atoms with Crippen LogP contribution in [-0.2, 0) is 11.2 Å². The first-order valence-corrected chi connectivity index (χ1v) is 9.66. The second kappa shape index (κ2) is 8.56. The molecule has 1 heterocycles. The molecule has 0 atom stereocenters. The molecule has 0 aromatic heterocycles. The van der Waals surface area contributed by atoms with Gasteiger partial charge >= 0.3 is 0 Å². The summed E-state index contributed by atoms with van der Waals surface area (Å²) < 4.78 is 5.20. The lowest BCUT2D eigenvalue weighted by Crippen LogP contribution is -2.36. The fourth-order valence-corrected chi connectivity index (χ4v) is 3.40. The maximum atomic E-state index is 12.6. The number of amides is 2.